The van der Waals surface area contributed by atoms with Gasteiger partial charge in [-0.15, -0.1) is 0 Å². The van der Waals surface area contributed by atoms with Crippen molar-refractivity contribution in [2.24, 2.45) is 0 Å². The Kier molecular flexibility index (Phi) is 4.37. The van der Waals surface area contributed by atoms with Crippen molar-refractivity contribution in [2.75, 3.05) is 13.4 Å². The van der Waals surface area contributed by atoms with Gasteiger partial charge < -0.3 is 18.8 Å². The van der Waals surface area contributed by atoms with Crippen LogP contribution in [-0.2, 0) is 14.0 Å². The van der Waals surface area contributed by atoms with Crippen LogP contribution in [0.1, 0.15) is 34.6 Å². The van der Waals surface area contributed by atoms with Crippen LogP contribution in [0.4, 0.5) is 0 Å². The van der Waals surface area contributed by atoms with Crippen molar-refractivity contribution in [3.8, 4) is 5.75 Å². The molecule has 0 bridgehead atoms. The monoisotopic (exact) mass is 279 g/mol. The summed E-state index contributed by atoms with van der Waals surface area (Å²) in [7, 11) is -0.428. The van der Waals surface area contributed by atoms with Crippen molar-refractivity contribution in [1.82, 2.24) is 4.98 Å². The maximum absolute atomic E-state index is 5.98. The van der Waals surface area contributed by atoms with Gasteiger partial charge in [0.2, 0.25) is 0 Å². The number of hydrogen-bond donors (Lipinski definition) is 0. The van der Waals surface area contributed by atoms with E-state index in [0.29, 0.717) is 12.4 Å². The Morgan fingerprint density at radius 3 is 2.40 bits per heavy atom. The van der Waals surface area contributed by atoms with Gasteiger partial charge in [0.25, 0.3) is 0 Å². The van der Waals surface area contributed by atoms with E-state index in [1.807, 2.05) is 40.7 Å². The fraction of sp³-hybridized carbons (Fsp3) is 0.643. The largest absolute Gasteiger partial charge is 0.496 e. The van der Waals surface area contributed by atoms with Gasteiger partial charge in [-0.2, -0.15) is 0 Å². The molecule has 1 aromatic rings. The lowest BCUT2D eigenvalue weighted by Gasteiger charge is -2.32. The molecule has 0 N–H and O–H groups in total. The Labute approximate surface area is 120 Å². The van der Waals surface area contributed by atoms with E-state index in [1.165, 1.54) is 0 Å². The van der Waals surface area contributed by atoms with Crippen LogP contribution < -0.4 is 10.2 Å². The Balaban J connectivity index is 2.09. The second-order valence-electron chi connectivity index (χ2n) is 5.80. The minimum absolute atomic E-state index is 0.213. The van der Waals surface area contributed by atoms with Crippen LogP contribution in [0.25, 0.3) is 0 Å². The van der Waals surface area contributed by atoms with Gasteiger partial charge in [-0.25, -0.2) is 0 Å². The van der Waals surface area contributed by atoms with E-state index in [0.717, 1.165) is 5.46 Å². The highest BCUT2D eigenvalue weighted by Crippen LogP contribution is 2.36. The first-order valence-electron chi connectivity index (χ1n) is 6.87. The van der Waals surface area contributed by atoms with Crippen LogP contribution in [0.15, 0.2) is 18.5 Å². The highest BCUT2D eigenvalue weighted by molar-refractivity contribution is 6.62. The Morgan fingerprint density at radius 1 is 1.15 bits per heavy atom. The lowest BCUT2D eigenvalue weighted by atomic mass is 9.80. The van der Waals surface area contributed by atoms with Crippen molar-refractivity contribution >= 4 is 12.6 Å². The third-order valence-corrected chi connectivity index (χ3v) is 3.77. The molecular formula is C14H22BNO4. The molecule has 1 fully saturated rings. The van der Waals surface area contributed by atoms with Gasteiger partial charge in [0.05, 0.1) is 17.4 Å². The van der Waals surface area contributed by atoms with Gasteiger partial charge in [0.1, 0.15) is 5.75 Å². The molecule has 1 aliphatic heterocycles. The summed E-state index contributed by atoms with van der Waals surface area (Å²) < 4.78 is 22.6. The Bertz CT molecular complexity index is 448. The van der Waals surface area contributed by atoms with Crippen LogP contribution in [0, 0.1) is 0 Å². The Morgan fingerprint density at radius 2 is 1.80 bits per heavy atom. The van der Waals surface area contributed by atoms with Crippen LogP contribution in [0.2, 0.25) is 0 Å². The fourth-order valence-corrected chi connectivity index (χ4v) is 1.82. The summed E-state index contributed by atoms with van der Waals surface area (Å²) >= 11 is 0. The minimum Gasteiger partial charge on any atom is -0.466 e. The number of hydrogen-bond acceptors (Lipinski definition) is 5. The first-order valence-corrected chi connectivity index (χ1v) is 6.87. The maximum atomic E-state index is 5.98. The zero-order valence-electron chi connectivity index (χ0n) is 12.8. The molecule has 0 spiro atoms. The van der Waals surface area contributed by atoms with Crippen LogP contribution >= 0.6 is 0 Å². The van der Waals surface area contributed by atoms with Crippen LogP contribution in [0.5, 0.6) is 5.75 Å². The van der Waals surface area contributed by atoms with Gasteiger partial charge in [0, 0.05) is 18.3 Å². The van der Waals surface area contributed by atoms with E-state index in [-0.39, 0.29) is 18.0 Å². The SMILES string of the molecule is CCOCOc1cncc(B2OC(C)(C)C(C)(C)O2)c1. The molecule has 1 aromatic heterocycles. The average molecular weight is 279 g/mol. The highest BCUT2D eigenvalue weighted by atomic mass is 16.7. The third-order valence-electron chi connectivity index (χ3n) is 3.77. The molecule has 110 valence electrons. The predicted octanol–water partition coefficient (Wildman–Crippen LogP) is 1.75. The summed E-state index contributed by atoms with van der Waals surface area (Å²) in [4.78, 5) is 4.16. The molecule has 0 aliphatic carbocycles. The molecule has 1 saturated heterocycles. The molecule has 2 heterocycles. The molecule has 0 saturated carbocycles. The smallest absolute Gasteiger partial charge is 0.466 e. The van der Waals surface area contributed by atoms with Crippen molar-refractivity contribution in [3.05, 3.63) is 18.5 Å². The Hall–Kier alpha value is -1.11. The van der Waals surface area contributed by atoms with Crippen molar-refractivity contribution in [2.45, 2.75) is 45.8 Å². The fourth-order valence-electron chi connectivity index (χ4n) is 1.82. The summed E-state index contributed by atoms with van der Waals surface area (Å²) in [6.45, 7) is 10.8. The summed E-state index contributed by atoms with van der Waals surface area (Å²) in [5, 5.41) is 0. The highest BCUT2D eigenvalue weighted by Gasteiger charge is 2.51. The summed E-state index contributed by atoms with van der Waals surface area (Å²) in [5.74, 6) is 0.644. The first-order chi connectivity index (χ1) is 9.36. The van der Waals surface area contributed by atoms with Gasteiger partial charge in [-0.3, -0.25) is 4.98 Å². The number of pyridine rings is 1. The normalized spacial score (nSPS) is 20.1. The van der Waals surface area contributed by atoms with Crippen molar-refractivity contribution in [1.29, 1.82) is 0 Å². The molecule has 0 unspecified atom stereocenters. The van der Waals surface area contributed by atoms with E-state index in [1.54, 1.807) is 12.4 Å². The topological polar surface area (TPSA) is 49.8 Å². The van der Waals surface area contributed by atoms with Crippen LogP contribution in [0.3, 0.4) is 0 Å². The second-order valence-corrected chi connectivity index (χ2v) is 5.80. The van der Waals surface area contributed by atoms with E-state index >= 15 is 0 Å². The lowest BCUT2D eigenvalue weighted by molar-refractivity contribution is 0.00578. The maximum Gasteiger partial charge on any atom is 0.496 e. The van der Waals surface area contributed by atoms with E-state index in [9.17, 15) is 0 Å². The minimum atomic E-state index is -0.428. The van der Waals surface area contributed by atoms with Crippen molar-refractivity contribution in [3.63, 3.8) is 0 Å². The predicted molar refractivity (Wildman–Crippen MR) is 77.1 cm³/mol. The summed E-state index contributed by atoms with van der Waals surface area (Å²) in [6, 6.07) is 1.87. The number of nitrogens with zero attached hydrogens (tertiary/aromatic N) is 1. The first kappa shape index (κ1) is 15.3. The molecule has 6 heteroatoms. The summed E-state index contributed by atoms with van der Waals surface area (Å²) in [6.07, 6.45) is 3.38. The lowest BCUT2D eigenvalue weighted by Crippen LogP contribution is -2.41. The van der Waals surface area contributed by atoms with E-state index in [2.05, 4.69) is 4.98 Å². The summed E-state index contributed by atoms with van der Waals surface area (Å²) in [5.41, 5.74) is 0.123. The number of rotatable bonds is 5. The standard InChI is InChI=1S/C14H22BNO4/c1-6-17-10-18-12-7-11(8-16-9-12)15-19-13(2,3)14(4,5)20-15/h7-9H,6,10H2,1-5H3. The van der Waals surface area contributed by atoms with Crippen molar-refractivity contribution < 1.29 is 18.8 Å². The molecule has 5 nitrogen and oxygen atoms in total. The average Bonchev–Trinajstić information content (AvgIpc) is 2.59. The number of aromatic nitrogens is 1. The molecule has 1 aliphatic rings. The zero-order valence-corrected chi connectivity index (χ0v) is 12.8. The van der Waals surface area contributed by atoms with Crippen LogP contribution in [-0.4, -0.2) is 36.7 Å². The number of ether oxygens (including phenoxy) is 2. The molecule has 0 amide bonds. The van der Waals surface area contributed by atoms with Gasteiger partial charge in [0.15, 0.2) is 6.79 Å². The zero-order chi connectivity index (χ0) is 14.8. The third kappa shape index (κ3) is 3.14. The quantitative estimate of drug-likeness (QED) is 0.467. The molecule has 0 aromatic carbocycles. The molecule has 0 radical (unpaired) electrons. The molecule has 2 rings (SSSR count). The second kappa shape index (κ2) is 5.72. The molecule has 0 atom stereocenters. The molecule has 20 heavy (non-hydrogen) atoms. The van der Waals surface area contributed by atoms with Gasteiger partial charge in [-0.1, -0.05) is 0 Å². The van der Waals surface area contributed by atoms with E-state index < -0.39 is 7.12 Å². The van der Waals surface area contributed by atoms with Gasteiger partial charge in [-0.05, 0) is 40.7 Å². The molecular weight excluding hydrogens is 257 g/mol. The van der Waals surface area contributed by atoms with E-state index in [4.69, 9.17) is 18.8 Å². The van der Waals surface area contributed by atoms with Gasteiger partial charge >= 0.3 is 7.12 Å².